The fourth-order valence-electron chi connectivity index (χ4n) is 2.30. The molecule has 0 fully saturated rings. The first-order valence-corrected chi connectivity index (χ1v) is 7.06. The van der Waals surface area contributed by atoms with Crippen molar-refractivity contribution in [2.45, 2.75) is 26.0 Å². The van der Waals surface area contributed by atoms with Gasteiger partial charge in [0, 0.05) is 18.0 Å². The Bertz CT molecular complexity index is 533. The predicted molar refractivity (Wildman–Crippen MR) is 73.9 cm³/mol. The van der Waals surface area contributed by atoms with E-state index in [0.29, 0.717) is 0 Å². The predicted octanol–water partition coefficient (Wildman–Crippen LogP) is 2.76. The molecule has 0 saturated carbocycles. The second-order valence-electron chi connectivity index (χ2n) is 4.66. The summed E-state index contributed by atoms with van der Waals surface area (Å²) < 4.78 is 0. The topological polar surface area (TPSA) is 36.4 Å². The zero-order valence-corrected chi connectivity index (χ0v) is 11.2. The number of fused-ring (bicyclic) bond motifs is 1. The Kier molecular flexibility index (Phi) is 3.06. The van der Waals surface area contributed by atoms with Gasteiger partial charge in [0.25, 0.3) is 0 Å². The maximum absolute atomic E-state index is 9.45. The summed E-state index contributed by atoms with van der Waals surface area (Å²) in [6.45, 7) is 3.75. The van der Waals surface area contributed by atoms with Crippen LogP contribution in [0.25, 0.3) is 0 Å². The highest BCUT2D eigenvalue weighted by Crippen LogP contribution is 2.27. The number of thiophene rings is 1. The molecule has 1 N–H and O–H groups in total. The summed E-state index contributed by atoms with van der Waals surface area (Å²) in [7, 11) is 0. The smallest absolute Gasteiger partial charge is 0.0931 e. The van der Waals surface area contributed by atoms with E-state index in [1.165, 1.54) is 10.4 Å². The van der Waals surface area contributed by atoms with Gasteiger partial charge in [0.05, 0.1) is 23.7 Å². The summed E-state index contributed by atoms with van der Waals surface area (Å²) in [4.78, 5) is 8.16. The molecule has 18 heavy (non-hydrogen) atoms. The van der Waals surface area contributed by atoms with Crippen molar-refractivity contribution >= 4 is 17.0 Å². The average Bonchev–Trinajstić information content (AvgIpc) is 2.86. The van der Waals surface area contributed by atoms with Crippen LogP contribution in [0.1, 0.15) is 29.2 Å². The lowest BCUT2D eigenvalue weighted by atomic mass is 10.1. The van der Waals surface area contributed by atoms with Crippen LogP contribution in [0.2, 0.25) is 0 Å². The highest BCUT2D eigenvalue weighted by Gasteiger charge is 2.17. The third-order valence-corrected chi connectivity index (χ3v) is 4.39. The van der Waals surface area contributed by atoms with Crippen molar-refractivity contribution in [3.63, 3.8) is 0 Å². The molecule has 3 heterocycles. The second kappa shape index (κ2) is 4.71. The molecule has 0 bridgehead atoms. The molecular formula is C14H16N2OS. The molecule has 0 unspecified atom stereocenters. The maximum atomic E-state index is 9.45. The molecule has 0 amide bonds. The van der Waals surface area contributed by atoms with Gasteiger partial charge in [-0.2, -0.15) is 0 Å². The van der Waals surface area contributed by atoms with E-state index in [1.54, 1.807) is 6.92 Å². The van der Waals surface area contributed by atoms with Crippen molar-refractivity contribution < 1.29 is 5.11 Å². The van der Waals surface area contributed by atoms with Crippen LogP contribution in [-0.4, -0.2) is 16.6 Å². The normalized spacial score (nSPS) is 16.4. The highest BCUT2D eigenvalue weighted by atomic mass is 32.1. The fourth-order valence-corrected chi connectivity index (χ4v) is 3.19. The number of rotatable bonds is 2. The summed E-state index contributed by atoms with van der Waals surface area (Å²) in [5.41, 5.74) is 3.30. The molecule has 0 aliphatic carbocycles. The van der Waals surface area contributed by atoms with Gasteiger partial charge in [-0.15, -0.1) is 11.3 Å². The molecule has 0 saturated heterocycles. The molecule has 1 atom stereocenters. The van der Waals surface area contributed by atoms with Crippen LogP contribution < -0.4 is 4.90 Å². The Morgan fingerprint density at radius 1 is 1.39 bits per heavy atom. The van der Waals surface area contributed by atoms with Crippen molar-refractivity contribution in [1.29, 1.82) is 0 Å². The molecule has 3 rings (SSSR count). The number of nitrogens with zero attached hydrogens (tertiary/aromatic N) is 2. The number of aliphatic hydroxyl groups is 1. The maximum Gasteiger partial charge on any atom is 0.0931 e. The van der Waals surface area contributed by atoms with E-state index < -0.39 is 6.10 Å². The zero-order chi connectivity index (χ0) is 12.5. The molecular weight excluding hydrogens is 244 g/mol. The molecule has 0 spiro atoms. The van der Waals surface area contributed by atoms with Gasteiger partial charge in [-0.1, -0.05) is 0 Å². The fraction of sp³-hybridized carbons (Fsp3) is 0.357. The van der Waals surface area contributed by atoms with Crippen molar-refractivity contribution in [1.82, 2.24) is 4.98 Å². The number of pyridine rings is 1. The summed E-state index contributed by atoms with van der Waals surface area (Å²) in [5.74, 6) is 0. The molecule has 1 aliphatic heterocycles. The summed E-state index contributed by atoms with van der Waals surface area (Å²) in [5, 5.41) is 11.6. The van der Waals surface area contributed by atoms with Crippen molar-refractivity contribution in [3.05, 3.63) is 45.9 Å². The van der Waals surface area contributed by atoms with Gasteiger partial charge in [0.1, 0.15) is 0 Å². The van der Waals surface area contributed by atoms with Gasteiger partial charge in [-0.3, -0.25) is 4.98 Å². The molecule has 2 aromatic rings. The molecule has 0 aromatic carbocycles. The number of aliphatic hydroxyl groups excluding tert-OH is 1. The molecule has 0 radical (unpaired) electrons. The van der Waals surface area contributed by atoms with Crippen molar-refractivity contribution in [2.24, 2.45) is 0 Å². The summed E-state index contributed by atoms with van der Waals surface area (Å²) in [6.07, 6.45) is 2.48. The monoisotopic (exact) mass is 260 g/mol. The standard InChI is InChI=1S/C14H16N2OS/c1-10(17)13-3-2-12(8-15-13)16-6-4-14-11(9-16)5-7-18-14/h2-3,5,7-8,10,17H,4,6,9H2,1H3/t10-/m0/s1. The van der Waals surface area contributed by atoms with Crippen LogP contribution in [0.3, 0.4) is 0 Å². The summed E-state index contributed by atoms with van der Waals surface area (Å²) in [6, 6.07) is 6.17. The van der Waals surface area contributed by atoms with Crippen molar-refractivity contribution in [3.8, 4) is 0 Å². The molecule has 4 heteroatoms. The SMILES string of the molecule is C[C@H](O)c1ccc(N2CCc3sccc3C2)cn1. The van der Waals surface area contributed by atoms with E-state index in [4.69, 9.17) is 0 Å². The van der Waals surface area contributed by atoms with Gasteiger partial charge in [-0.25, -0.2) is 0 Å². The minimum absolute atomic E-state index is 0.496. The first-order chi connectivity index (χ1) is 8.74. The second-order valence-corrected chi connectivity index (χ2v) is 5.66. The third-order valence-electron chi connectivity index (χ3n) is 3.37. The Morgan fingerprint density at radius 2 is 2.28 bits per heavy atom. The van der Waals surface area contributed by atoms with Gasteiger partial charge < -0.3 is 10.0 Å². The number of hydrogen-bond donors (Lipinski definition) is 1. The van der Waals surface area contributed by atoms with Crippen LogP contribution in [0.4, 0.5) is 5.69 Å². The van der Waals surface area contributed by atoms with E-state index >= 15 is 0 Å². The zero-order valence-electron chi connectivity index (χ0n) is 10.3. The molecule has 2 aromatic heterocycles. The Labute approximate surface area is 111 Å². The minimum Gasteiger partial charge on any atom is -0.387 e. The van der Waals surface area contributed by atoms with Crippen LogP contribution in [0.5, 0.6) is 0 Å². The molecule has 3 nitrogen and oxygen atoms in total. The lowest BCUT2D eigenvalue weighted by Crippen LogP contribution is -2.29. The first kappa shape index (κ1) is 11.7. The Hall–Kier alpha value is -1.39. The van der Waals surface area contributed by atoms with Gasteiger partial charge in [-0.05, 0) is 42.5 Å². The Morgan fingerprint density at radius 3 is 3.00 bits per heavy atom. The highest BCUT2D eigenvalue weighted by molar-refractivity contribution is 7.10. The minimum atomic E-state index is -0.496. The number of anilines is 1. The average molecular weight is 260 g/mol. The van der Waals surface area contributed by atoms with Crippen LogP contribution in [0, 0.1) is 0 Å². The van der Waals surface area contributed by atoms with Gasteiger partial charge in [0.2, 0.25) is 0 Å². The third kappa shape index (κ3) is 2.13. The van der Waals surface area contributed by atoms with Crippen LogP contribution in [-0.2, 0) is 13.0 Å². The van der Waals surface area contributed by atoms with E-state index in [-0.39, 0.29) is 0 Å². The van der Waals surface area contributed by atoms with E-state index in [9.17, 15) is 5.11 Å². The lowest BCUT2D eigenvalue weighted by Gasteiger charge is -2.28. The number of hydrogen-bond acceptors (Lipinski definition) is 4. The lowest BCUT2D eigenvalue weighted by molar-refractivity contribution is 0.194. The van der Waals surface area contributed by atoms with Gasteiger partial charge in [0.15, 0.2) is 0 Å². The van der Waals surface area contributed by atoms with E-state index in [2.05, 4.69) is 21.3 Å². The van der Waals surface area contributed by atoms with E-state index in [1.807, 2.05) is 29.7 Å². The quantitative estimate of drug-likeness (QED) is 0.902. The molecule has 1 aliphatic rings. The van der Waals surface area contributed by atoms with Crippen molar-refractivity contribution in [2.75, 3.05) is 11.4 Å². The van der Waals surface area contributed by atoms with Crippen LogP contribution >= 0.6 is 11.3 Å². The van der Waals surface area contributed by atoms with Gasteiger partial charge >= 0.3 is 0 Å². The number of aromatic nitrogens is 1. The first-order valence-electron chi connectivity index (χ1n) is 6.18. The Balaban J connectivity index is 1.80. The largest absolute Gasteiger partial charge is 0.387 e. The molecule has 94 valence electrons. The summed E-state index contributed by atoms with van der Waals surface area (Å²) >= 11 is 1.85. The van der Waals surface area contributed by atoms with Crippen LogP contribution in [0.15, 0.2) is 29.8 Å². The van der Waals surface area contributed by atoms with E-state index in [0.717, 1.165) is 30.9 Å².